The minimum atomic E-state index is -0.277. The van der Waals surface area contributed by atoms with E-state index < -0.39 is 0 Å². The topological polar surface area (TPSA) is 64.1 Å². The molecule has 96 valence electrons. The Bertz CT molecular complexity index is 752. The molecule has 0 aliphatic heterocycles. The number of hydrogen-bond acceptors (Lipinski definition) is 4. The van der Waals surface area contributed by atoms with Crippen molar-refractivity contribution < 1.29 is 8.81 Å². The van der Waals surface area contributed by atoms with E-state index in [9.17, 15) is 4.39 Å². The van der Waals surface area contributed by atoms with Crippen LogP contribution in [0.3, 0.4) is 0 Å². The standard InChI is InChI=1S/C14H12FN3O/c1-8-9(15)4-2-6-11(8)17-14-18-13-10(16)5-3-7-12(13)19-14/h2-7H,16H2,1H3,(H,17,18). The highest BCUT2D eigenvalue weighted by Crippen LogP contribution is 2.27. The molecule has 3 aromatic rings. The minimum Gasteiger partial charge on any atom is -0.423 e. The number of aromatic nitrogens is 1. The lowest BCUT2D eigenvalue weighted by molar-refractivity contribution is 0.615. The summed E-state index contributed by atoms with van der Waals surface area (Å²) in [5, 5.41) is 2.96. The third kappa shape index (κ3) is 1.99. The largest absolute Gasteiger partial charge is 0.423 e. The van der Waals surface area contributed by atoms with Crippen LogP contribution in [-0.4, -0.2) is 4.98 Å². The quantitative estimate of drug-likeness (QED) is 0.688. The molecule has 0 saturated heterocycles. The molecule has 0 fully saturated rings. The van der Waals surface area contributed by atoms with Gasteiger partial charge in [0.15, 0.2) is 5.58 Å². The van der Waals surface area contributed by atoms with Crippen LogP contribution in [0.1, 0.15) is 5.56 Å². The SMILES string of the molecule is Cc1c(F)cccc1Nc1nc2c(N)cccc2o1. The molecule has 0 atom stereocenters. The number of benzene rings is 2. The van der Waals surface area contributed by atoms with Gasteiger partial charge in [0, 0.05) is 11.3 Å². The number of nitrogens with two attached hydrogens (primary N) is 1. The van der Waals surface area contributed by atoms with Gasteiger partial charge in [-0.1, -0.05) is 12.1 Å². The van der Waals surface area contributed by atoms with Crippen LogP contribution in [0.5, 0.6) is 0 Å². The Kier molecular flexibility index (Phi) is 2.59. The predicted octanol–water partition coefficient (Wildman–Crippen LogP) is 3.60. The van der Waals surface area contributed by atoms with E-state index in [0.717, 1.165) is 0 Å². The fourth-order valence-electron chi connectivity index (χ4n) is 1.88. The van der Waals surface area contributed by atoms with E-state index >= 15 is 0 Å². The Balaban J connectivity index is 2.02. The molecule has 0 amide bonds. The van der Waals surface area contributed by atoms with Crippen molar-refractivity contribution in [2.24, 2.45) is 0 Å². The van der Waals surface area contributed by atoms with Gasteiger partial charge in [0.2, 0.25) is 0 Å². The lowest BCUT2D eigenvalue weighted by Gasteiger charge is -2.05. The third-order valence-corrected chi connectivity index (χ3v) is 2.96. The zero-order valence-electron chi connectivity index (χ0n) is 10.3. The van der Waals surface area contributed by atoms with E-state index in [1.807, 2.05) is 0 Å². The lowest BCUT2D eigenvalue weighted by Crippen LogP contribution is -1.95. The van der Waals surface area contributed by atoms with Gasteiger partial charge in [0.05, 0.1) is 5.69 Å². The normalized spacial score (nSPS) is 10.8. The number of anilines is 3. The molecule has 3 rings (SSSR count). The molecule has 0 saturated carbocycles. The van der Waals surface area contributed by atoms with Crippen molar-refractivity contribution in [1.29, 1.82) is 0 Å². The van der Waals surface area contributed by atoms with Crippen molar-refractivity contribution in [2.75, 3.05) is 11.1 Å². The maximum Gasteiger partial charge on any atom is 0.300 e. The van der Waals surface area contributed by atoms with Crippen LogP contribution >= 0.6 is 0 Å². The van der Waals surface area contributed by atoms with Crippen LogP contribution in [-0.2, 0) is 0 Å². The summed E-state index contributed by atoms with van der Waals surface area (Å²) in [5.41, 5.74) is 8.67. The van der Waals surface area contributed by atoms with Crippen molar-refractivity contribution in [3.05, 3.63) is 47.8 Å². The van der Waals surface area contributed by atoms with Gasteiger partial charge in [-0.3, -0.25) is 0 Å². The van der Waals surface area contributed by atoms with Crippen LogP contribution in [0, 0.1) is 12.7 Å². The van der Waals surface area contributed by atoms with E-state index in [4.69, 9.17) is 10.2 Å². The Morgan fingerprint density at radius 1 is 1.21 bits per heavy atom. The first-order valence-corrected chi connectivity index (χ1v) is 5.82. The number of oxazole rings is 1. The number of para-hydroxylation sites is 1. The minimum absolute atomic E-state index is 0.277. The summed E-state index contributed by atoms with van der Waals surface area (Å²) in [4.78, 5) is 4.25. The van der Waals surface area contributed by atoms with Gasteiger partial charge in [-0.25, -0.2) is 4.39 Å². The number of nitrogen functional groups attached to an aromatic ring is 1. The highest BCUT2D eigenvalue weighted by atomic mass is 19.1. The number of nitrogens with one attached hydrogen (secondary N) is 1. The lowest BCUT2D eigenvalue weighted by atomic mass is 10.2. The third-order valence-electron chi connectivity index (χ3n) is 2.96. The van der Waals surface area contributed by atoms with Gasteiger partial charge in [-0.15, -0.1) is 0 Å². The molecule has 5 heteroatoms. The Hall–Kier alpha value is -2.56. The van der Waals surface area contributed by atoms with Gasteiger partial charge in [-0.05, 0) is 31.2 Å². The van der Waals surface area contributed by atoms with Crippen LogP contribution in [0.15, 0.2) is 40.8 Å². The maximum atomic E-state index is 13.4. The summed E-state index contributed by atoms with van der Waals surface area (Å²) in [6.07, 6.45) is 0. The first-order chi connectivity index (χ1) is 9.15. The monoisotopic (exact) mass is 257 g/mol. The summed E-state index contributed by atoms with van der Waals surface area (Å²) < 4.78 is 19.0. The Morgan fingerprint density at radius 3 is 2.79 bits per heavy atom. The number of hydrogen-bond donors (Lipinski definition) is 2. The first kappa shape index (κ1) is 11.5. The van der Waals surface area contributed by atoms with Crippen LogP contribution in [0.2, 0.25) is 0 Å². The van der Waals surface area contributed by atoms with Crippen molar-refractivity contribution in [3.63, 3.8) is 0 Å². The van der Waals surface area contributed by atoms with Crippen molar-refractivity contribution in [2.45, 2.75) is 6.92 Å². The molecule has 0 unspecified atom stereocenters. The second kappa shape index (κ2) is 4.28. The van der Waals surface area contributed by atoms with E-state index in [-0.39, 0.29) is 5.82 Å². The smallest absolute Gasteiger partial charge is 0.300 e. The summed E-state index contributed by atoms with van der Waals surface area (Å²) in [5.74, 6) is -0.277. The molecule has 19 heavy (non-hydrogen) atoms. The predicted molar refractivity (Wildman–Crippen MR) is 72.8 cm³/mol. The number of halogens is 1. The zero-order chi connectivity index (χ0) is 13.4. The number of fused-ring (bicyclic) bond motifs is 1. The average Bonchev–Trinajstić information content (AvgIpc) is 2.79. The van der Waals surface area contributed by atoms with E-state index in [2.05, 4.69) is 10.3 Å². The second-order valence-corrected chi connectivity index (χ2v) is 4.25. The second-order valence-electron chi connectivity index (χ2n) is 4.25. The number of nitrogens with zero attached hydrogens (tertiary/aromatic N) is 1. The first-order valence-electron chi connectivity index (χ1n) is 5.82. The van der Waals surface area contributed by atoms with Crippen LogP contribution in [0.4, 0.5) is 21.8 Å². The Morgan fingerprint density at radius 2 is 2.00 bits per heavy atom. The molecule has 0 spiro atoms. The summed E-state index contributed by atoms with van der Waals surface area (Å²) in [6, 6.07) is 10.4. The molecule has 1 heterocycles. The highest BCUT2D eigenvalue weighted by molar-refractivity contribution is 5.86. The maximum absolute atomic E-state index is 13.4. The number of rotatable bonds is 2. The molecule has 4 nitrogen and oxygen atoms in total. The van der Waals surface area contributed by atoms with Crippen molar-refractivity contribution in [1.82, 2.24) is 4.98 Å². The van der Waals surface area contributed by atoms with Gasteiger partial charge in [0.25, 0.3) is 6.01 Å². The van der Waals surface area contributed by atoms with Gasteiger partial charge in [-0.2, -0.15) is 4.98 Å². The molecule has 1 aromatic heterocycles. The molecule has 0 bridgehead atoms. The Labute approximate surface area is 109 Å². The van der Waals surface area contributed by atoms with Crippen LogP contribution in [0.25, 0.3) is 11.1 Å². The van der Waals surface area contributed by atoms with Gasteiger partial charge >= 0.3 is 0 Å². The van der Waals surface area contributed by atoms with Crippen LogP contribution < -0.4 is 11.1 Å². The van der Waals surface area contributed by atoms with E-state index in [1.54, 1.807) is 37.3 Å². The van der Waals surface area contributed by atoms with Gasteiger partial charge in [0.1, 0.15) is 11.3 Å². The molecule has 2 aromatic carbocycles. The van der Waals surface area contributed by atoms with E-state index in [1.165, 1.54) is 6.07 Å². The molecule has 3 N–H and O–H groups in total. The fourth-order valence-corrected chi connectivity index (χ4v) is 1.88. The highest BCUT2D eigenvalue weighted by Gasteiger charge is 2.10. The average molecular weight is 257 g/mol. The molecule has 0 aliphatic carbocycles. The van der Waals surface area contributed by atoms with Crippen molar-refractivity contribution in [3.8, 4) is 0 Å². The van der Waals surface area contributed by atoms with E-state index in [0.29, 0.717) is 34.1 Å². The molecule has 0 aliphatic rings. The van der Waals surface area contributed by atoms with Gasteiger partial charge < -0.3 is 15.5 Å². The summed E-state index contributed by atoms with van der Waals surface area (Å²) in [7, 11) is 0. The fraction of sp³-hybridized carbons (Fsp3) is 0.0714. The molecular formula is C14H12FN3O. The summed E-state index contributed by atoms with van der Waals surface area (Å²) in [6.45, 7) is 1.69. The van der Waals surface area contributed by atoms with Crippen molar-refractivity contribution >= 4 is 28.5 Å². The molecular weight excluding hydrogens is 245 g/mol. The zero-order valence-corrected chi connectivity index (χ0v) is 10.3. The molecule has 0 radical (unpaired) electrons. The summed E-state index contributed by atoms with van der Waals surface area (Å²) >= 11 is 0.